The van der Waals surface area contributed by atoms with Crippen molar-refractivity contribution in [3.05, 3.63) is 76.9 Å². The van der Waals surface area contributed by atoms with E-state index in [1.807, 2.05) is 24.4 Å². The molecule has 2 saturated heterocycles. The van der Waals surface area contributed by atoms with E-state index in [0.29, 0.717) is 25.1 Å². The highest BCUT2D eigenvalue weighted by Crippen LogP contribution is 2.49. The Bertz CT molecular complexity index is 1490. The molecule has 0 bridgehead atoms. The van der Waals surface area contributed by atoms with Crippen LogP contribution in [0.15, 0.2) is 48.7 Å². The Kier molecular flexibility index (Phi) is 5.55. The van der Waals surface area contributed by atoms with Crippen molar-refractivity contribution in [3.8, 4) is 11.4 Å². The second kappa shape index (κ2) is 9.01. The Morgan fingerprint density at radius 1 is 1.05 bits per heavy atom. The molecule has 3 amide bonds. The van der Waals surface area contributed by atoms with Crippen molar-refractivity contribution >= 4 is 17.7 Å². The third-order valence-electron chi connectivity index (χ3n) is 8.66. The van der Waals surface area contributed by atoms with Gasteiger partial charge in [-0.15, -0.1) is 0 Å². The van der Waals surface area contributed by atoms with Crippen LogP contribution in [-0.4, -0.2) is 63.0 Å². The number of halogens is 1. The van der Waals surface area contributed by atoms with Crippen LogP contribution in [0.5, 0.6) is 5.75 Å². The number of hydrogen-bond acceptors (Lipinski definition) is 6. The Morgan fingerprint density at radius 3 is 2.62 bits per heavy atom. The molecule has 5 heterocycles. The lowest BCUT2D eigenvalue weighted by atomic mass is 9.74. The molecule has 9 nitrogen and oxygen atoms in total. The lowest BCUT2D eigenvalue weighted by molar-refractivity contribution is -0.136. The van der Waals surface area contributed by atoms with Crippen molar-refractivity contribution in [3.63, 3.8) is 0 Å². The zero-order valence-corrected chi connectivity index (χ0v) is 21.4. The highest BCUT2D eigenvalue weighted by molar-refractivity contribution is 6.05. The summed E-state index contributed by atoms with van der Waals surface area (Å²) >= 11 is 0. The number of benzene rings is 2. The molecule has 1 unspecified atom stereocenters. The topological polar surface area (TPSA) is 96.8 Å². The summed E-state index contributed by atoms with van der Waals surface area (Å²) in [7, 11) is 0. The molecule has 4 aliphatic heterocycles. The fourth-order valence-corrected chi connectivity index (χ4v) is 6.45. The maximum atomic E-state index is 13.3. The lowest BCUT2D eigenvalue weighted by Crippen LogP contribution is -2.52. The number of rotatable bonds is 4. The Hall–Kier alpha value is -4.05. The van der Waals surface area contributed by atoms with Gasteiger partial charge >= 0.3 is 0 Å². The molecular formula is C29H28FN5O4. The molecule has 0 aliphatic carbocycles. The van der Waals surface area contributed by atoms with E-state index < -0.39 is 11.9 Å². The molecule has 39 heavy (non-hydrogen) atoms. The van der Waals surface area contributed by atoms with Crippen LogP contribution in [0.4, 0.5) is 4.39 Å². The largest absolute Gasteiger partial charge is 0.492 e. The second-order valence-corrected chi connectivity index (χ2v) is 10.9. The van der Waals surface area contributed by atoms with Gasteiger partial charge in [-0.3, -0.25) is 24.6 Å². The van der Waals surface area contributed by atoms with Gasteiger partial charge in [-0.05, 0) is 68.8 Å². The van der Waals surface area contributed by atoms with Crippen LogP contribution in [0.2, 0.25) is 0 Å². The molecule has 4 aliphatic rings. The highest BCUT2D eigenvalue weighted by atomic mass is 19.1. The van der Waals surface area contributed by atoms with E-state index in [-0.39, 0.29) is 29.5 Å². The number of likely N-dealkylation sites (tertiary alicyclic amines) is 1. The van der Waals surface area contributed by atoms with E-state index in [0.717, 1.165) is 60.7 Å². The van der Waals surface area contributed by atoms with Crippen LogP contribution in [0.25, 0.3) is 5.69 Å². The summed E-state index contributed by atoms with van der Waals surface area (Å²) in [5.41, 5.74) is 4.28. The first kappa shape index (κ1) is 24.0. The van der Waals surface area contributed by atoms with Crippen molar-refractivity contribution < 1.29 is 23.5 Å². The molecule has 10 heteroatoms. The molecule has 1 N–H and O–H groups in total. The summed E-state index contributed by atoms with van der Waals surface area (Å²) in [4.78, 5) is 41.2. The summed E-state index contributed by atoms with van der Waals surface area (Å²) in [5, 5.41) is 7.03. The van der Waals surface area contributed by atoms with Crippen LogP contribution in [0, 0.1) is 5.82 Å². The van der Waals surface area contributed by atoms with Crippen molar-refractivity contribution in [2.75, 3.05) is 19.7 Å². The van der Waals surface area contributed by atoms with Gasteiger partial charge in [-0.25, -0.2) is 9.07 Å². The third-order valence-corrected chi connectivity index (χ3v) is 8.66. The molecule has 1 aromatic heterocycles. The number of piperidine rings is 2. The SMILES string of the molecule is O=C1CCC(N2Cc3c(ccc4c3OCC43CCN(Cc4ccn(-c5ccc(F)cc5)n4)CC3)C2=O)C(=O)N1. The predicted octanol–water partition coefficient (Wildman–Crippen LogP) is 2.70. The Morgan fingerprint density at radius 2 is 1.85 bits per heavy atom. The van der Waals surface area contributed by atoms with E-state index in [1.165, 1.54) is 12.1 Å². The minimum absolute atomic E-state index is 0.0978. The number of nitrogens with zero attached hydrogens (tertiary/aromatic N) is 4. The van der Waals surface area contributed by atoms with Crippen LogP contribution in [0.3, 0.4) is 0 Å². The number of ether oxygens (including phenoxy) is 1. The van der Waals surface area contributed by atoms with E-state index in [2.05, 4.69) is 15.3 Å². The number of carbonyl (C=O) groups excluding carboxylic acids is 3. The number of nitrogens with one attached hydrogen (secondary N) is 1. The van der Waals surface area contributed by atoms with Gasteiger partial charge in [0.05, 0.1) is 24.5 Å². The van der Waals surface area contributed by atoms with Gasteiger partial charge < -0.3 is 9.64 Å². The van der Waals surface area contributed by atoms with Gasteiger partial charge in [0.15, 0.2) is 0 Å². The molecule has 2 fully saturated rings. The lowest BCUT2D eigenvalue weighted by Gasteiger charge is -2.38. The van der Waals surface area contributed by atoms with Gasteiger partial charge in [0.25, 0.3) is 5.91 Å². The molecule has 1 atom stereocenters. The molecule has 0 saturated carbocycles. The van der Waals surface area contributed by atoms with Crippen molar-refractivity contribution in [2.45, 2.75) is 50.2 Å². The Labute approximate surface area is 224 Å². The number of aromatic nitrogens is 2. The summed E-state index contributed by atoms with van der Waals surface area (Å²) in [6.07, 6.45) is 4.34. The predicted molar refractivity (Wildman–Crippen MR) is 138 cm³/mol. The summed E-state index contributed by atoms with van der Waals surface area (Å²) in [6, 6.07) is 11.6. The molecule has 200 valence electrons. The van der Waals surface area contributed by atoms with Crippen molar-refractivity contribution in [1.82, 2.24) is 24.9 Å². The summed E-state index contributed by atoms with van der Waals surface area (Å²) in [6.45, 7) is 3.42. The van der Waals surface area contributed by atoms with Crippen molar-refractivity contribution in [2.24, 2.45) is 0 Å². The third kappa shape index (κ3) is 4.01. The standard InChI is InChI=1S/C29H28FN5O4/c30-18-1-3-20(4-2-18)35-12-9-19(32-35)15-33-13-10-29(11-14-33)17-39-26-22-16-34(24-7-8-25(36)31-27(24)37)28(38)21(22)5-6-23(26)29/h1-6,9,12,24H,7-8,10-11,13-17H2,(H,31,36,37). The van der Waals surface area contributed by atoms with E-state index in [9.17, 15) is 18.8 Å². The zero-order valence-electron chi connectivity index (χ0n) is 21.4. The van der Waals surface area contributed by atoms with Gasteiger partial charge in [0.1, 0.15) is 17.6 Å². The number of hydrogen-bond donors (Lipinski definition) is 1. The first-order valence-electron chi connectivity index (χ1n) is 13.4. The number of carbonyl (C=O) groups is 3. The molecule has 2 aromatic carbocycles. The average molecular weight is 530 g/mol. The minimum Gasteiger partial charge on any atom is -0.492 e. The number of imide groups is 1. The molecule has 7 rings (SSSR count). The minimum atomic E-state index is -0.636. The second-order valence-electron chi connectivity index (χ2n) is 10.9. The first-order chi connectivity index (χ1) is 18.9. The molecule has 3 aromatic rings. The molecule has 1 spiro atoms. The highest BCUT2D eigenvalue weighted by Gasteiger charge is 2.47. The quantitative estimate of drug-likeness (QED) is 0.522. The normalized spacial score (nSPS) is 22.1. The van der Waals surface area contributed by atoms with Gasteiger partial charge in [-0.1, -0.05) is 6.07 Å². The monoisotopic (exact) mass is 529 g/mol. The van der Waals surface area contributed by atoms with Gasteiger partial charge in [0, 0.05) is 41.3 Å². The maximum Gasteiger partial charge on any atom is 0.255 e. The molecule has 0 radical (unpaired) electrons. The smallest absolute Gasteiger partial charge is 0.255 e. The van der Waals surface area contributed by atoms with E-state index in [4.69, 9.17) is 4.74 Å². The average Bonchev–Trinajstić information content (AvgIpc) is 3.63. The zero-order chi connectivity index (χ0) is 26.7. The van der Waals surface area contributed by atoms with Crippen LogP contribution >= 0.6 is 0 Å². The van der Waals surface area contributed by atoms with Crippen molar-refractivity contribution in [1.29, 1.82) is 0 Å². The fourth-order valence-electron chi connectivity index (χ4n) is 6.45. The van der Waals surface area contributed by atoms with Gasteiger partial charge in [0.2, 0.25) is 11.8 Å². The molecular weight excluding hydrogens is 501 g/mol. The maximum absolute atomic E-state index is 13.3. The number of amides is 3. The van der Waals surface area contributed by atoms with Crippen LogP contribution in [-0.2, 0) is 28.1 Å². The van der Waals surface area contributed by atoms with Gasteiger partial charge in [-0.2, -0.15) is 5.10 Å². The summed E-state index contributed by atoms with van der Waals surface area (Å²) in [5.74, 6) is -0.353. The van der Waals surface area contributed by atoms with Crippen LogP contribution in [0.1, 0.15) is 52.9 Å². The Balaban J connectivity index is 1.04. The number of fused-ring (bicyclic) bond motifs is 4. The summed E-state index contributed by atoms with van der Waals surface area (Å²) < 4.78 is 21.3. The van der Waals surface area contributed by atoms with E-state index >= 15 is 0 Å². The first-order valence-corrected chi connectivity index (χ1v) is 13.4. The van der Waals surface area contributed by atoms with E-state index in [1.54, 1.807) is 21.7 Å². The van der Waals surface area contributed by atoms with Crippen LogP contribution < -0.4 is 10.1 Å². The fraction of sp³-hybridized carbons (Fsp3) is 0.379.